The predicted octanol–water partition coefficient (Wildman–Crippen LogP) is 4.62. The molecule has 0 radical (unpaired) electrons. The lowest BCUT2D eigenvalue weighted by atomic mass is 10.1. The first-order valence-electron chi connectivity index (χ1n) is 11.8. The summed E-state index contributed by atoms with van der Waals surface area (Å²) in [5.41, 5.74) is 1.29. The van der Waals surface area contributed by atoms with Crippen LogP contribution in [0, 0.1) is 0 Å². The molecule has 188 valence electrons. The predicted molar refractivity (Wildman–Crippen MR) is 141 cm³/mol. The first kappa shape index (κ1) is 24.3. The molecule has 2 aromatic heterocycles. The van der Waals surface area contributed by atoms with Crippen LogP contribution in [0.25, 0.3) is 28.8 Å². The number of carbonyl (C=O) groups excluding carboxylic acids is 1. The van der Waals surface area contributed by atoms with Crippen molar-refractivity contribution in [2.45, 2.75) is 6.42 Å². The van der Waals surface area contributed by atoms with Crippen LogP contribution in [0.15, 0.2) is 71.2 Å². The molecule has 1 aliphatic rings. The van der Waals surface area contributed by atoms with Crippen LogP contribution in [0.3, 0.4) is 0 Å². The topological polar surface area (TPSA) is 120 Å². The van der Waals surface area contributed by atoms with E-state index in [9.17, 15) is 19.8 Å². The van der Waals surface area contributed by atoms with Crippen molar-refractivity contribution >= 4 is 34.6 Å². The number of phenols is 1. The minimum absolute atomic E-state index is 0.111. The molecule has 0 aliphatic carbocycles. The van der Waals surface area contributed by atoms with Crippen molar-refractivity contribution in [3.05, 3.63) is 78.1 Å². The third-order valence-corrected chi connectivity index (χ3v) is 6.83. The fourth-order valence-electron chi connectivity index (χ4n) is 4.09. The number of aromatic carboxylic acids is 1. The summed E-state index contributed by atoms with van der Waals surface area (Å²) < 4.78 is 10.3. The molecule has 10 heteroatoms. The summed E-state index contributed by atoms with van der Waals surface area (Å²) in [5, 5.41) is 19.8. The Hall–Kier alpha value is -4.44. The summed E-state index contributed by atoms with van der Waals surface area (Å²) in [7, 11) is 0. The van der Waals surface area contributed by atoms with E-state index in [1.165, 1.54) is 29.7 Å². The number of amides is 1. The Labute approximate surface area is 217 Å². The first-order valence-corrected chi connectivity index (χ1v) is 12.5. The molecular weight excluding hydrogens is 492 g/mol. The van der Waals surface area contributed by atoms with Gasteiger partial charge in [-0.1, -0.05) is 30.3 Å². The van der Waals surface area contributed by atoms with Gasteiger partial charge in [-0.15, -0.1) is 0 Å². The Balaban J connectivity index is 1.20. The molecule has 0 unspecified atom stereocenters. The maximum Gasteiger partial charge on any atom is 0.339 e. The van der Waals surface area contributed by atoms with Gasteiger partial charge < -0.3 is 24.4 Å². The van der Waals surface area contributed by atoms with Crippen molar-refractivity contribution in [2.75, 3.05) is 31.1 Å². The third kappa shape index (κ3) is 5.54. The van der Waals surface area contributed by atoms with Crippen molar-refractivity contribution in [3.8, 4) is 28.5 Å². The summed E-state index contributed by atoms with van der Waals surface area (Å²) in [5.74, 6) is -0.0356. The molecule has 1 fully saturated rings. The van der Waals surface area contributed by atoms with Crippen LogP contribution in [0.1, 0.15) is 22.5 Å². The lowest BCUT2D eigenvalue weighted by Crippen LogP contribution is -2.34. The van der Waals surface area contributed by atoms with Crippen molar-refractivity contribution < 1.29 is 24.2 Å². The van der Waals surface area contributed by atoms with Gasteiger partial charge in [0.1, 0.15) is 22.8 Å². The second-order valence-corrected chi connectivity index (χ2v) is 9.24. The number of hydrogen-bond acceptors (Lipinski definition) is 8. The molecule has 2 aromatic carbocycles. The zero-order valence-electron chi connectivity index (χ0n) is 19.8. The lowest BCUT2D eigenvalue weighted by molar-refractivity contribution is -0.125. The van der Waals surface area contributed by atoms with Crippen LogP contribution in [-0.4, -0.2) is 62.5 Å². The van der Waals surface area contributed by atoms with Crippen LogP contribution in [0.5, 0.6) is 5.75 Å². The van der Waals surface area contributed by atoms with Crippen molar-refractivity contribution in [1.29, 1.82) is 0 Å². The molecule has 37 heavy (non-hydrogen) atoms. The van der Waals surface area contributed by atoms with E-state index in [0.29, 0.717) is 42.5 Å². The number of nitrogens with zero attached hydrogens (tertiary/aromatic N) is 4. The van der Waals surface area contributed by atoms with E-state index < -0.39 is 5.97 Å². The quantitative estimate of drug-likeness (QED) is 0.356. The number of aromatic nitrogens is 2. The van der Waals surface area contributed by atoms with Crippen LogP contribution >= 0.6 is 11.5 Å². The van der Waals surface area contributed by atoms with E-state index in [1.807, 2.05) is 30.3 Å². The molecule has 3 heterocycles. The molecule has 5 rings (SSSR count). The normalized spacial score (nSPS) is 14.2. The Morgan fingerprint density at radius 1 is 0.973 bits per heavy atom. The third-order valence-electron chi connectivity index (χ3n) is 6.05. The molecule has 0 bridgehead atoms. The Morgan fingerprint density at radius 2 is 1.81 bits per heavy atom. The molecule has 4 aromatic rings. The van der Waals surface area contributed by atoms with Gasteiger partial charge in [0, 0.05) is 54.9 Å². The fraction of sp³-hybridized carbons (Fsp3) is 0.185. The first-order chi connectivity index (χ1) is 18.0. The van der Waals surface area contributed by atoms with Crippen LogP contribution in [0.4, 0.5) is 5.13 Å². The standard InChI is InChI=1S/C27H24N4O5S/c32-22-10-7-19(17-21(22)26(34)35)23-11-8-20(36-23)9-12-24(33)30-13-4-14-31(16-15-30)27-28-25(29-37-27)18-5-2-1-3-6-18/h1-3,5-12,17,32H,4,13-16H2,(H,34,35)/b12-9+. The second kappa shape index (κ2) is 10.7. The van der Waals surface area contributed by atoms with Crippen LogP contribution in [-0.2, 0) is 4.79 Å². The molecule has 1 amide bonds. The van der Waals surface area contributed by atoms with Gasteiger partial charge >= 0.3 is 5.97 Å². The fourth-order valence-corrected chi connectivity index (χ4v) is 4.83. The van der Waals surface area contributed by atoms with Crippen molar-refractivity contribution in [1.82, 2.24) is 14.3 Å². The molecule has 0 spiro atoms. The zero-order valence-corrected chi connectivity index (χ0v) is 20.6. The van der Waals surface area contributed by atoms with Gasteiger partial charge in [0.2, 0.25) is 11.0 Å². The number of hydrogen-bond donors (Lipinski definition) is 2. The lowest BCUT2D eigenvalue weighted by Gasteiger charge is -2.20. The summed E-state index contributed by atoms with van der Waals surface area (Å²) in [6.45, 7) is 2.67. The molecule has 1 aliphatic heterocycles. The molecule has 1 saturated heterocycles. The van der Waals surface area contributed by atoms with Gasteiger partial charge in [-0.2, -0.15) is 9.36 Å². The Morgan fingerprint density at radius 3 is 2.62 bits per heavy atom. The summed E-state index contributed by atoms with van der Waals surface area (Å²) >= 11 is 1.37. The SMILES string of the molecule is O=C(O)c1cc(-c2ccc(/C=C/C(=O)N3CCCN(c4nc(-c5ccccc5)ns4)CC3)o2)ccc1O. The monoisotopic (exact) mass is 516 g/mol. The number of benzene rings is 2. The number of anilines is 1. The number of carbonyl (C=O) groups is 2. The highest BCUT2D eigenvalue weighted by Crippen LogP contribution is 2.28. The largest absolute Gasteiger partial charge is 0.507 e. The van der Waals surface area contributed by atoms with E-state index in [4.69, 9.17) is 9.40 Å². The minimum atomic E-state index is -1.23. The highest BCUT2D eigenvalue weighted by molar-refractivity contribution is 7.09. The van der Waals surface area contributed by atoms with Gasteiger partial charge in [0.25, 0.3) is 0 Å². The average molecular weight is 517 g/mol. The molecule has 0 saturated carbocycles. The Kier molecular flexibility index (Phi) is 7.00. The van der Waals surface area contributed by atoms with Crippen LogP contribution < -0.4 is 4.90 Å². The molecule has 9 nitrogen and oxygen atoms in total. The van der Waals surface area contributed by atoms with E-state index in [0.717, 1.165) is 23.7 Å². The number of furan rings is 1. The smallest absolute Gasteiger partial charge is 0.339 e. The second-order valence-electron chi connectivity index (χ2n) is 8.50. The average Bonchev–Trinajstić information content (AvgIpc) is 3.53. The van der Waals surface area contributed by atoms with Crippen molar-refractivity contribution in [2.24, 2.45) is 0 Å². The molecular formula is C27H24N4O5S. The number of rotatable bonds is 6. The number of carboxylic acid groups (broad SMARTS) is 1. The highest BCUT2D eigenvalue weighted by atomic mass is 32.1. The van der Waals surface area contributed by atoms with E-state index >= 15 is 0 Å². The van der Waals surface area contributed by atoms with Gasteiger partial charge in [-0.25, -0.2) is 4.79 Å². The van der Waals surface area contributed by atoms with Crippen molar-refractivity contribution in [3.63, 3.8) is 0 Å². The highest BCUT2D eigenvalue weighted by Gasteiger charge is 2.21. The maximum atomic E-state index is 12.9. The summed E-state index contributed by atoms with van der Waals surface area (Å²) in [6, 6.07) is 17.5. The molecule has 0 atom stereocenters. The van der Waals surface area contributed by atoms with Gasteiger partial charge in [-0.05, 0) is 42.8 Å². The van der Waals surface area contributed by atoms with E-state index in [2.05, 4.69) is 9.27 Å². The number of carboxylic acids is 1. The number of aromatic hydroxyl groups is 1. The van der Waals surface area contributed by atoms with E-state index in [1.54, 1.807) is 29.2 Å². The van der Waals surface area contributed by atoms with Gasteiger partial charge in [0.15, 0.2) is 5.82 Å². The van der Waals surface area contributed by atoms with Crippen LogP contribution in [0.2, 0.25) is 0 Å². The minimum Gasteiger partial charge on any atom is -0.507 e. The summed E-state index contributed by atoms with van der Waals surface area (Å²) in [4.78, 5) is 32.8. The van der Waals surface area contributed by atoms with E-state index in [-0.39, 0.29) is 17.2 Å². The Bertz CT molecular complexity index is 1450. The maximum absolute atomic E-state index is 12.9. The van der Waals surface area contributed by atoms with Gasteiger partial charge in [0.05, 0.1) is 0 Å². The summed E-state index contributed by atoms with van der Waals surface area (Å²) in [6.07, 6.45) is 3.90. The molecule has 2 N–H and O–H groups in total. The van der Waals surface area contributed by atoms with Gasteiger partial charge in [-0.3, -0.25) is 4.79 Å². The zero-order chi connectivity index (χ0) is 25.8.